The molecule has 0 heterocycles. The van der Waals surface area contributed by atoms with Crippen molar-refractivity contribution in [3.05, 3.63) is 0 Å². The van der Waals surface area contributed by atoms with Crippen LogP contribution in [0.4, 0.5) is 0 Å². The monoisotopic (exact) mass is 96.0 g/mol. The minimum absolute atomic E-state index is 0. The van der Waals surface area contributed by atoms with Gasteiger partial charge < -0.3 is 5.48 Å². The van der Waals surface area contributed by atoms with Crippen molar-refractivity contribution in [1.29, 1.82) is 0 Å². The van der Waals surface area contributed by atoms with Gasteiger partial charge >= 0.3 is 0 Å². The number of alkyl halides is 1. The van der Waals surface area contributed by atoms with Gasteiger partial charge in [-0.25, -0.2) is 0 Å². The molecule has 0 spiro atoms. The zero-order valence-electron chi connectivity index (χ0n) is 3.46. The van der Waals surface area contributed by atoms with Gasteiger partial charge in [0.2, 0.25) is 0 Å². The Labute approximate surface area is 37.3 Å². The molecule has 0 saturated heterocycles. The second-order valence-electron chi connectivity index (χ2n) is 1.01. The zero-order chi connectivity index (χ0) is 3.58. The number of rotatable bonds is 0. The molecule has 2 heteroatoms. The van der Waals surface area contributed by atoms with Gasteiger partial charge in [0.05, 0.1) is 0 Å². The highest BCUT2D eigenvalue weighted by atomic mass is 35.5. The Morgan fingerprint density at radius 2 is 1.40 bits per heavy atom. The molecule has 0 aromatic heterocycles. The molecule has 0 bridgehead atoms. The van der Waals surface area contributed by atoms with Crippen LogP contribution in [-0.2, 0) is 0 Å². The molecule has 0 rings (SSSR count). The van der Waals surface area contributed by atoms with Crippen LogP contribution in [0.1, 0.15) is 13.8 Å². The molecule has 0 fully saturated rings. The SMILES string of the molecule is CC(C)Cl.O. The van der Waals surface area contributed by atoms with E-state index in [1.807, 2.05) is 13.8 Å². The molecule has 1 nitrogen and oxygen atoms in total. The summed E-state index contributed by atoms with van der Waals surface area (Å²) in [5, 5.41) is 0.306. The van der Waals surface area contributed by atoms with E-state index in [4.69, 9.17) is 11.6 Å². The number of hydrogen-bond donors (Lipinski definition) is 0. The van der Waals surface area contributed by atoms with Crippen LogP contribution in [0.25, 0.3) is 0 Å². The summed E-state index contributed by atoms with van der Waals surface area (Å²) in [7, 11) is 0. The smallest absolute Gasteiger partial charge is 0.0279 e. The van der Waals surface area contributed by atoms with Crippen molar-refractivity contribution >= 4 is 11.6 Å². The van der Waals surface area contributed by atoms with Gasteiger partial charge in [0, 0.05) is 5.38 Å². The molecular weight excluding hydrogens is 87.5 g/mol. The first-order valence-electron chi connectivity index (χ1n) is 1.37. The summed E-state index contributed by atoms with van der Waals surface area (Å²) in [6.07, 6.45) is 0. The summed E-state index contributed by atoms with van der Waals surface area (Å²) in [6.45, 7) is 3.86. The minimum atomic E-state index is 0. The van der Waals surface area contributed by atoms with Crippen LogP contribution in [-0.4, -0.2) is 10.9 Å². The first kappa shape index (κ1) is 8.98. The maximum atomic E-state index is 5.27. The second kappa shape index (κ2) is 4.25. The van der Waals surface area contributed by atoms with E-state index in [0.29, 0.717) is 5.38 Å². The van der Waals surface area contributed by atoms with Gasteiger partial charge in [0.25, 0.3) is 0 Å². The molecule has 0 amide bonds. The average Bonchev–Trinajstić information content (AvgIpc) is 0.811. The molecule has 5 heavy (non-hydrogen) atoms. The van der Waals surface area contributed by atoms with Gasteiger partial charge in [-0.2, -0.15) is 0 Å². The molecule has 0 aliphatic carbocycles. The van der Waals surface area contributed by atoms with Gasteiger partial charge in [-0.1, -0.05) is 0 Å². The predicted octanol–water partition coefficient (Wildman–Crippen LogP) is 0.809. The predicted molar refractivity (Wildman–Crippen MR) is 24.6 cm³/mol. The first-order chi connectivity index (χ1) is 1.73. The Morgan fingerprint density at radius 3 is 1.40 bits per heavy atom. The van der Waals surface area contributed by atoms with E-state index in [9.17, 15) is 0 Å². The van der Waals surface area contributed by atoms with Crippen LogP contribution < -0.4 is 0 Å². The van der Waals surface area contributed by atoms with Gasteiger partial charge in [-0.3, -0.25) is 0 Å². The molecule has 34 valence electrons. The van der Waals surface area contributed by atoms with Crippen LogP contribution in [0, 0.1) is 0 Å². The van der Waals surface area contributed by atoms with Crippen molar-refractivity contribution in [2.24, 2.45) is 0 Å². The van der Waals surface area contributed by atoms with E-state index >= 15 is 0 Å². The van der Waals surface area contributed by atoms with Crippen LogP contribution in [0.5, 0.6) is 0 Å². The van der Waals surface area contributed by atoms with Crippen molar-refractivity contribution in [2.45, 2.75) is 19.2 Å². The van der Waals surface area contributed by atoms with Crippen molar-refractivity contribution in [1.82, 2.24) is 0 Å². The fourth-order valence-electron chi connectivity index (χ4n) is 0. The largest absolute Gasteiger partial charge is 0.412 e. The maximum Gasteiger partial charge on any atom is 0.0279 e. The van der Waals surface area contributed by atoms with Gasteiger partial charge in [0.1, 0.15) is 0 Å². The molecule has 0 aliphatic rings. The maximum absolute atomic E-state index is 5.27. The Bertz CT molecular complexity index is 11.6. The summed E-state index contributed by atoms with van der Waals surface area (Å²) in [6, 6.07) is 0. The van der Waals surface area contributed by atoms with E-state index in [0.717, 1.165) is 0 Å². The van der Waals surface area contributed by atoms with Crippen LogP contribution in [0.3, 0.4) is 0 Å². The van der Waals surface area contributed by atoms with E-state index in [1.165, 1.54) is 0 Å². The van der Waals surface area contributed by atoms with Crippen molar-refractivity contribution in [3.8, 4) is 0 Å². The molecule has 0 aromatic rings. The van der Waals surface area contributed by atoms with E-state index in [1.54, 1.807) is 0 Å². The van der Waals surface area contributed by atoms with Crippen molar-refractivity contribution in [3.63, 3.8) is 0 Å². The molecule has 0 atom stereocenters. The summed E-state index contributed by atoms with van der Waals surface area (Å²) in [4.78, 5) is 0. The lowest BCUT2D eigenvalue weighted by atomic mass is 10.6. The highest BCUT2D eigenvalue weighted by molar-refractivity contribution is 6.20. The first-order valence-corrected chi connectivity index (χ1v) is 1.81. The lowest BCUT2D eigenvalue weighted by molar-refractivity contribution is 0.824. The van der Waals surface area contributed by atoms with Crippen LogP contribution >= 0.6 is 11.6 Å². The summed E-state index contributed by atoms with van der Waals surface area (Å²) >= 11 is 5.27. The van der Waals surface area contributed by atoms with Crippen molar-refractivity contribution in [2.75, 3.05) is 0 Å². The second-order valence-corrected chi connectivity index (χ2v) is 1.89. The molecule has 0 unspecified atom stereocenters. The third kappa shape index (κ3) is 344. The normalized spacial score (nSPS) is 7.20. The minimum Gasteiger partial charge on any atom is -0.412 e. The third-order valence-electron chi connectivity index (χ3n) is 0. The Hall–Kier alpha value is 0.250. The Balaban J connectivity index is 0. The van der Waals surface area contributed by atoms with E-state index < -0.39 is 0 Å². The number of halogens is 1. The average molecular weight is 96.6 g/mol. The number of hydrogen-bond acceptors (Lipinski definition) is 0. The van der Waals surface area contributed by atoms with Crippen molar-refractivity contribution < 1.29 is 5.48 Å². The third-order valence-corrected chi connectivity index (χ3v) is 0. The molecule has 0 radical (unpaired) electrons. The quantitative estimate of drug-likeness (QED) is 0.400. The Morgan fingerprint density at radius 1 is 1.40 bits per heavy atom. The molecule has 0 saturated carbocycles. The topological polar surface area (TPSA) is 31.5 Å². The lowest BCUT2D eigenvalue weighted by Gasteiger charge is -1.76. The lowest BCUT2D eigenvalue weighted by Crippen LogP contribution is -1.70. The van der Waals surface area contributed by atoms with E-state index in [-0.39, 0.29) is 5.48 Å². The zero-order valence-corrected chi connectivity index (χ0v) is 4.21. The van der Waals surface area contributed by atoms with Gasteiger partial charge in [-0.05, 0) is 13.8 Å². The molecular formula is C3H9ClO. The summed E-state index contributed by atoms with van der Waals surface area (Å²) in [5.41, 5.74) is 0. The van der Waals surface area contributed by atoms with E-state index in [2.05, 4.69) is 0 Å². The molecule has 2 N–H and O–H groups in total. The fraction of sp³-hybridized carbons (Fsp3) is 1.00. The summed E-state index contributed by atoms with van der Waals surface area (Å²) < 4.78 is 0. The molecule has 0 aliphatic heterocycles. The Kier molecular flexibility index (Phi) is 7.63. The van der Waals surface area contributed by atoms with Gasteiger partial charge in [-0.15, -0.1) is 11.6 Å². The highest BCUT2D eigenvalue weighted by Crippen LogP contribution is 1.84. The van der Waals surface area contributed by atoms with Crippen LogP contribution in [0.15, 0.2) is 0 Å². The highest BCUT2D eigenvalue weighted by Gasteiger charge is 1.71. The van der Waals surface area contributed by atoms with Crippen LogP contribution in [0.2, 0.25) is 0 Å². The fourth-order valence-corrected chi connectivity index (χ4v) is 0. The molecule has 0 aromatic carbocycles. The summed E-state index contributed by atoms with van der Waals surface area (Å²) in [5.74, 6) is 0. The van der Waals surface area contributed by atoms with Gasteiger partial charge in [0.15, 0.2) is 0 Å². The standard InChI is InChI=1S/C3H7Cl.H2O/c1-3(2)4;/h3H,1-2H3;1H2.